The summed E-state index contributed by atoms with van der Waals surface area (Å²) < 4.78 is 7.15. The van der Waals surface area contributed by atoms with Gasteiger partial charge >= 0.3 is 5.97 Å². The van der Waals surface area contributed by atoms with Crippen LogP contribution in [0.2, 0.25) is 0 Å². The normalized spacial score (nSPS) is 17.9. The van der Waals surface area contributed by atoms with E-state index in [1.54, 1.807) is 10.9 Å². The molecule has 0 radical (unpaired) electrons. The molecule has 1 fully saturated rings. The van der Waals surface area contributed by atoms with Crippen LogP contribution >= 0.6 is 15.9 Å². The van der Waals surface area contributed by atoms with Crippen molar-refractivity contribution in [3.05, 3.63) is 16.4 Å². The minimum atomic E-state index is -0.345. The molecular formula is C9H11BrN2O2. The Morgan fingerprint density at radius 3 is 2.86 bits per heavy atom. The molecule has 4 nitrogen and oxygen atoms in total. The molecule has 76 valence electrons. The van der Waals surface area contributed by atoms with E-state index < -0.39 is 0 Å². The highest BCUT2D eigenvalue weighted by atomic mass is 79.9. The molecule has 14 heavy (non-hydrogen) atoms. The van der Waals surface area contributed by atoms with Gasteiger partial charge in [-0.1, -0.05) is 0 Å². The van der Waals surface area contributed by atoms with Gasteiger partial charge in [-0.3, -0.25) is 4.68 Å². The third kappa shape index (κ3) is 1.35. The Bertz CT molecular complexity index is 382. The molecule has 0 N–H and O–H groups in total. The Hall–Kier alpha value is -0.840. The number of ether oxygens (including phenoxy) is 1. The Morgan fingerprint density at radius 2 is 2.36 bits per heavy atom. The number of carbonyl (C=O) groups excluding carboxylic acids is 1. The van der Waals surface area contributed by atoms with Crippen LogP contribution in [-0.2, 0) is 10.3 Å². The number of esters is 1. The predicted molar refractivity (Wildman–Crippen MR) is 54.1 cm³/mol. The number of methoxy groups -OCH3 is 1. The zero-order valence-corrected chi connectivity index (χ0v) is 9.67. The first kappa shape index (κ1) is 9.71. The van der Waals surface area contributed by atoms with Gasteiger partial charge in [0.1, 0.15) is 0 Å². The van der Waals surface area contributed by atoms with Crippen LogP contribution in [0.1, 0.15) is 30.3 Å². The highest BCUT2D eigenvalue weighted by molar-refractivity contribution is 9.10. The lowest BCUT2D eigenvalue weighted by atomic mass is 10.3. The lowest BCUT2D eigenvalue weighted by Gasteiger charge is -2.12. The van der Waals surface area contributed by atoms with E-state index in [4.69, 9.17) is 4.74 Å². The van der Waals surface area contributed by atoms with Crippen LogP contribution in [0.5, 0.6) is 0 Å². The van der Waals surface area contributed by atoms with Gasteiger partial charge in [-0.2, -0.15) is 5.10 Å². The number of hydrogen-bond acceptors (Lipinski definition) is 3. The largest absolute Gasteiger partial charge is 0.464 e. The van der Waals surface area contributed by atoms with Crippen molar-refractivity contribution in [3.63, 3.8) is 0 Å². The highest BCUT2D eigenvalue weighted by Gasteiger charge is 2.43. The maximum atomic E-state index is 11.5. The summed E-state index contributed by atoms with van der Waals surface area (Å²) in [7, 11) is 1.38. The number of carbonyl (C=O) groups is 1. The van der Waals surface area contributed by atoms with Crippen molar-refractivity contribution in [3.8, 4) is 0 Å². The summed E-state index contributed by atoms with van der Waals surface area (Å²) in [5.74, 6) is -0.345. The number of nitrogens with zero attached hydrogens (tertiary/aromatic N) is 2. The Morgan fingerprint density at radius 1 is 1.71 bits per heavy atom. The van der Waals surface area contributed by atoms with Crippen molar-refractivity contribution in [2.24, 2.45) is 0 Å². The minimum Gasteiger partial charge on any atom is -0.464 e. The molecule has 0 unspecified atom stereocenters. The zero-order valence-electron chi connectivity index (χ0n) is 8.08. The van der Waals surface area contributed by atoms with Gasteiger partial charge in [0.2, 0.25) is 0 Å². The molecule has 0 bridgehead atoms. The summed E-state index contributed by atoms with van der Waals surface area (Å²) in [4.78, 5) is 11.5. The molecule has 1 aliphatic rings. The molecule has 1 saturated carbocycles. The molecular weight excluding hydrogens is 248 g/mol. The van der Waals surface area contributed by atoms with Gasteiger partial charge < -0.3 is 4.74 Å². The minimum absolute atomic E-state index is 0.00947. The van der Waals surface area contributed by atoms with Crippen LogP contribution in [-0.4, -0.2) is 22.9 Å². The average Bonchev–Trinajstić information content (AvgIpc) is 2.77. The summed E-state index contributed by atoms with van der Waals surface area (Å²) in [6, 6.07) is 0. The fourth-order valence-electron chi connectivity index (χ4n) is 1.41. The lowest BCUT2D eigenvalue weighted by molar-refractivity contribution is 0.0581. The van der Waals surface area contributed by atoms with Crippen LogP contribution < -0.4 is 0 Å². The van der Waals surface area contributed by atoms with Crippen molar-refractivity contribution in [2.75, 3.05) is 7.11 Å². The van der Waals surface area contributed by atoms with Gasteiger partial charge in [0.15, 0.2) is 5.69 Å². The van der Waals surface area contributed by atoms with Crippen LogP contribution in [0.3, 0.4) is 0 Å². The van der Waals surface area contributed by atoms with Crippen molar-refractivity contribution < 1.29 is 9.53 Å². The molecule has 2 rings (SSSR count). The summed E-state index contributed by atoms with van der Waals surface area (Å²) >= 11 is 3.29. The second-order valence-corrected chi connectivity index (χ2v) is 4.60. The molecule has 1 aliphatic carbocycles. The van der Waals surface area contributed by atoms with Crippen molar-refractivity contribution >= 4 is 21.9 Å². The third-order valence-electron chi connectivity index (χ3n) is 2.59. The number of halogens is 1. The number of rotatable bonds is 2. The van der Waals surface area contributed by atoms with Gasteiger partial charge in [-0.15, -0.1) is 0 Å². The van der Waals surface area contributed by atoms with Crippen LogP contribution in [0, 0.1) is 0 Å². The number of hydrogen-bond donors (Lipinski definition) is 0. The number of aromatic nitrogens is 2. The van der Waals surface area contributed by atoms with Crippen molar-refractivity contribution in [2.45, 2.75) is 25.3 Å². The average molecular weight is 259 g/mol. The van der Waals surface area contributed by atoms with Gasteiger partial charge in [0, 0.05) is 0 Å². The van der Waals surface area contributed by atoms with E-state index in [2.05, 4.69) is 28.0 Å². The smallest absolute Gasteiger partial charge is 0.357 e. The fraction of sp³-hybridized carbons (Fsp3) is 0.556. The maximum Gasteiger partial charge on any atom is 0.357 e. The highest BCUT2D eigenvalue weighted by Crippen LogP contribution is 2.44. The monoisotopic (exact) mass is 258 g/mol. The summed E-state index contributed by atoms with van der Waals surface area (Å²) in [6.45, 7) is 2.08. The molecule has 0 atom stereocenters. The molecule has 1 aromatic rings. The molecule has 0 saturated heterocycles. The SMILES string of the molecule is COC(=O)c1c(Br)cnn1C1(C)CC1. The van der Waals surface area contributed by atoms with Crippen LogP contribution in [0.25, 0.3) is 0 Å². The Kier molecular flexibility index (Phi) is 2.14. The van der Waals surface area contributed by atoms with E-state index in [-0.39, 0.29) is 11.5 Å². The zero-order chi connectivity index (χ0) is 10.3. The van der Waals surface area contributed by atoms with E-state index in [1.807, 2.05) is 0 Å². The van der Waals surface area contributed by atoms with Crippen LogP contribution in [0.4, 0.5) is 0 Å². The van der Waals surface area contributed by atoms with Gasteiger partial charge in [-0.25, -0.2) is 4.79 Å². The second-order valence-electron chi connectivity index (χ2n) is 3.74. The van der Waals surface area contributed by atoms with Crippen molar-refractivity contribution in [1.82, 2.24) is 9.78 Å². The first-order valence-electron chi connectivity index (χ1n) is 4.41. The van der Waals surface area contributed by atoms with E-state index in [9.17, 15) is 4.79 Å². The van der Waals surface area contributed by atoms with E-state index in [0.717, 1.165) is 12.8 Å². The molecule has 0 amide bonds. The first-order valence-corrected chi connectivity index (χ1v) is 5.20. The molecule has 1 aromatic heterocycles. The summed E-state index contributed by atoms with van der Waals surface area (Å²) in [6.07, 6.45) is 3.76. The molecule has 5 heteroatoms. The Labute approximate surface area is 90.4 Å². The topological polar surface area (TPSA) is 44.1 Å². The van der Waals surface area contributed by atoms with Gasteiger partial charge in [0.05, 0.1) is 23.3 Å². The third-order valence-corrected chi connectivity index (χ3v) is 3.17. The molecule has 0 aromatic carbocycles. The predicted octanol–water partition coefficient (Wildman–Crippen LogP) is 1.94. The van der Waals surface area contributed by atoms with Gasteiger partial charge in [0.25, 0.3) is 0 Å². The standard InChI is InChI=1S/C9H11BrN2O2/c1-9(3-4-9)12-7(8(13)14-2)6(10)5-11-12/h5H,3-4H2,1-2H3. The van der Waals surface area contributed by atoms with Crippen molar-refractivity contribution in [1.29, 1.82) is 0 Å². The van der Waals surface area contributed by atoms with E-state index in [1.165, 1.54) is 7.11 Å². The van der Waals surface area contributed by atoms with Crippen LogP contribution in [0.15, 0.2) is 10.7 Å². The Balaban J connectivity index is 2.46. The fourth-order valence-corrected chi connectivity index (χ4v) is 1.83. The summed E-state index contributed by atoms with van der Waals surface area (Å²) in [5.41, 5.74) is 0.516. The summed E-state index contributed by atoms with van der Waals surface area (Å²) in [5, 5.41) is 4.19. The quantitative estimate of drug-likeness (QED) is 0.762. The van der Waals surface area contributed by atoms with E-state index >= 15 is 0 Å². The molecule has 0 spiro atoms. The maximum absolute atomic E-state index is 11.5. The second kappa shape index (κ2) is 3.08. The molecule has 1 heterocycles. The first-order chi connectivity index (χ1) is 6.58. The van der Waals surface area contributed by atoms with Gasteiger partial charge in [-0.05, 0) is 35.7 Å². The molecule has 0 aliphatic heterocycles. The van der Waals surface area contributed by atoms with E-state index in [0.29, 0.717) is 10.2 Å². The lowest BCUT2D eigenvalue weighted by Crippen LogP contribution is -2.20.